The van der Waals surface area contributed by atoms with Gasteiger partial charge in [-0.15, -0.1) is 11.8 Å². The lowest BCUT2D eigenvalue weighted by Crippen LogP contribution is -2.32. The van der Waals surface area contributed by atoms with Crippen LogP contribution in [0.1, 0.15) is 29.4 Å². The molecule has 2 heterocycles. The van der Waals surface area contributed by atoms with Crippen LogP contribution in [0.5, 0.6) is 0 Å². The Hall–Kier alpha value is -3.58. The van der Waals surface area contributed by atoms with Crippen LogP contribution < -0.4 is 10.2 Å². The molecule has 1 N–H and O–H groups in total. The number of rotatable bonds is 6. The molecule has 3 amide bonds. The van der Waals surface area contributed by atoms with Crippen LogP contribution >= 0.6 is 11.8 Å². The lowest BCUT2D eigenvalue weighted by atomic mass is 10.0. The largest absolute Gasteiger partial charge is 0.468 e. The number of nitrogens with one attached hydrogen (secondary N) is 1. The molecule has 6 nitrogen and oxygen atoms in total. The predicted octanol–water partition coefficient (Wildman–Crippen LogP) is 5.07. The number of anilines is 2. The average molecular weight is 447 g/mol. The third-order valence-corrected chi connectivity index (χ3v) is 6.39. The number of carbonyl (C=O) groups is 3. The Balaban J connectivity index is 1.75. The van der Waals surface area contributed by atoms with Crippen LogP contribution in [-0.2, 0) is 20.1 Å². The standard InChI is InChI=1S/C25H22N2O4S/c1-15-6-4-8-21(16(15)2)27-24(29)22(18-9-11-19(12-10-18)26-17(3)28)23(25(27)30)32-14-20-7-5-13-31-20/h4-13H,14H2,1-3H3,(H,26,28). The van der Waals surface area contributed by atoms with Crippen LogP contribution in [0.25, 0.3) is 5.57 Å². The Labute approximate surface area is 190 Å². The summed E-state index contributed by atoms with van der Waals surface area (Å²) in [7, 11) is 0. The second-order valence-electron chi connectivity index (χ2n) is 7.50. The summed E-state index contributed by atoms with van der Waals surface area (Å²) in [5.74, 6) is 0.252. The van der Waals surface area contributed by atoms with Gasteiger partial charge in [-0.25, -0.2) is 4.90 Å². The molecule has 1 aliphatic rings. The van der Waals surface area contributed by atoms with Gasteiger partial charge in [0.05, 0.1) is 28.2 Å². The number of benzene rings is 2. The van der Waals surface area contributed by atoms with E-state index in [1.54, 1.807) is 42.7 Å². The molecule has 0 unspecified atom stereocenters. The maximum absolute atomic E-state index is 13.6. The van der Waals surface area contributed by atoms with E-state index >= 15 is 0 Å². The highest BCUT2D eigenvalue weighted by Crippen LogP contribution is 2.41. The van der Waals surface area contributed by atoms with Gasteiger partial charge < -0.3 is 9.73 Å². The van der Waals surface area contributed by atoms with Crippen molar-refractivity contribution in [3.8, 4) is 0 Å². The van der Waals surface area contributed by atoms with Crippen molar-refractivity contribution in [3.05, 3.63) is 88.2 Å². The Morgan fingerprint density at radius 1 is 1.00 bits per heavy atom. The number of hydrogen-bond acceptors (Lipinski definition) is 5. The molecule has 0 aliphatic carbocycles. The SMILES string of the molecule is CC(=O)Nc1ccc(C2=C(SCc3ccco3)C(=O)N(c3cccc(C)c3C)C2=O)cc1. The molecular formula is C25H22N2O4S. The number of carbonyl (C=O) groups excluding carboxylic acids is 3. The van der Waals surface area contributed by atoms with Gasteiger partial charge in [-0.05, 0) is 60.9 Å². The monoisotopic (exact) mass is 446 g/mol. The Bertz CT molecular complexity index is 1230. The quantitative estimate of drug-likeness (QED) is 0.535. The van der Waals surface area contributed by atoms with Crippen molar-refractivity contribution < 1.29 is 18.8 Å². The number of furan rings is 1. The molecule has 4 rings (SSSR count). The van der Waals surface area contributed by atoms with Gasteiger partial charge in [0.2, 0.25) is 5.91 Å². The van der Waals surface area contributed by atoms with Crippen LogP contribution in [0, 0.1) is 13.8 Å². The van der Waals surface area contributed by atoms with Gasteiger partial charge in [0.1, 0.15) is 5.76 Å². The molecule has 7 heteroatoms. The van der Waals surface area contributed by atoms with Gasteiger partial charge in [0.25, 0.3) is 11.8 Å². The number of nitrogens with zero attached hydrogens (tertiary/aromatic N) is 1. The third kappa shape index (κ3) is 4.11. The van der Waals surface area contributed by atoms with E-state index in [0.717, 1.165) is 11.1 Å². The molecule has 2 aromatic carbocycles. The van der Waals surface area contributed by atoms with Crippen LogP contribution in [0.2, 0.25) is 0 Å². The van der Waals surface area contributed by atoms with E-state index < -0.39 is 0 Å². The molecule has 0 saturated heterocycles. The van der Waals surface area contributed by atoms with E-state index in [-0.39, 0.29) is 17.7 Å². The van der Waals surface area contributed by atoms with Crippen LogP contribution in [0.3, 0.4) is 0 Å². The first-order valence-corrected chi connectivity index (χ1v) is 11.1. The highest BCUT2D eigenvalue weighted by atomic mass is 32.2. The number of thioether (sulfide) groups is 1. The Morgan fingerprint density at radius 2 is 1.75 bits per heavy atom. The fraction of sp³-hybridized carbons (Fsp3) is 0.160. The highest BCUT2D eigenvalue weighted by Gasteiger charge is 2.40. The molecule has 162 valence electrons. The van der Waals surface area contributed by atoms with Crippen LogP contribution in [0.15, 0.2) is 70.2 Å². The van der Waals surface area contributed by atoms with Gasteiger partial charge in [-0.1, -0.05) is 24.3 Å². The van der Waals surface area contributed by atoms with E-state index in [0.29, 0.717) is 38.9 Å². The first-order valence-electron chi connectivity index (χ1n) is 10.1. The molecule has 0 spiro atoms. The first kappa shape index (κ1) is 21.6. The minimum Gasteiger partial charge on any atom is -0.468 e. The van der Waals surface area contributed by atoms with Gasteiger partial charge in [0, 0.05) is 12.6 Å². The molecule has 0 radical (unpaired) electrons. The summed E-state index contributed by atoms with van der Waals surface area (Å²) < 4.78 is 5.40. The van der Waals surface area contributed by atoms with Gasteiger partial charge in [-0.3, -0.25) is 14.4 Å². The van der Waals surface area contributed by atoms with E-state index in [9.17, 15) is 14.4 Å². The predicted molar refractivity (Wildman–Crippen MR) is 126 cm³/mol. The van der Waals surface area contributed by atoms with E-state index in [2.05, 4.69) is 5.32 Å². The summed E-state index contributed by atoms with van der Waals surface area (Å²) in [4.78, 5) is 40.0. The molecular weight excluding hydrogens is 424 g/mol. The van der Waals surface area contributed by atoms with Crippen LogP contribution in [0.4, 0.5) is 11.4 Å². The third-order valence-electron chi connectivity index (χ3n) is 5.29. The molecule has 32 heavy (non-hydrogen) atoms. The minimum absolute atomic E-state index is 0.181. The van der Waals surface area contributed by atoms with Gasteiger partial charge >= 0.3 is 0 Å². The smallest absolute Gasteiger partial charge is 0.272 e. The molecule has 0 saturated carbocycles. The maximum atomic E-state index is 13.6. The molecule has 0 atom stereocenters. The van der Waals surface area contributed by atoms with Crippen molar-refractivity contribution in [2.24, 2.45) is 0 Å². The number of aryl methyl sites for hydroxylation is 1. The number of hydrogen-bond donors (Lipinski definition) is 1. The Morgan fingerprint density at radius 3 is 2.41 bits per heavy atom. The molecule has 0 fully saturated rings. The van der Waals surface area contributed by atoms with E-state index in [4.69, 9.17) is 4.42 Å². The number of amides is 3. The zero-order chi connectivity index (χ0) is 22.8. The zero-order valence-electron chi connectivity index (χ0n) is 18.0. The van der Waals surface area contributed by atoms with Crippen molar-refractivity contribution in [1.82, 2.24) is 0 Å². The maximum Gasteiger partial charge on any atom is 0.272 e. The van der Waals surface area contributed by atoms with Crippen molar-refractivity contribution in [2.75, 3.05) is 10.2 Å². The molecule has 1 aromatic heterocycles. The fourth-order valence-electron chi connectivity index (χ4n) is 3.56. The second-order valence-corrected chi connectivity index (χ2v) is 8.48. The molecule has 1 aliphatic heterocycles. The molecule has 0 bridgehead atoms. The lowest BCUT2D eigenvalue weighted by molar-refractivity contribution is -0.120. The molecule has 3 aromatic rings. The van der Waals surface area contributed by atoms with E-state index in [1.165, 1.54) is 23.6 Å². The van der Waals surface area contributed by atoms with Crippen molar-refractivity contribution in [2.45, 2.75) is 26.5 Å². The van der Waals surface area contributed by atoms with Crippen molar-refractivity contribution in [1.29, 1.82) is 0 Å². The highest BCUT2D eigenvalue weighted by molar-refractivity contribution is 8.03. The summed E-state index contributed by atoms with van der Waals surface area (Å²) in [6, 6.07) is 16.1. The van der Waals surface area contributed by atoms with Crippen molar-refractivity contribution >= 4 is 46.4 Å². The van der Waals surface area contributed by atoms with Crippen molar-refractivity contribution in [3.63, 3.8) is 0 Å². The Kier molecular flexibility index (Phi) is 6.01. The summed E-state index contributed by atoms with van der Waals surface area (Å²) in [5.41, 5.74) is 4.05. The summed E-state index contributed by atoms with van der Waals surface area (Å²) in [5, 5.41) is 2.71. The van der Waals surface area contributed by atoms with Gasteiger partial charge in [0.15, 0.2) is 0 Å². The average Bonchev–Trinajstić information content (AvgIpc) is 3.35. The second kappa shape index (κ2) is 8.88. The lowest BCUT2D eigenvalue weighted by Gasteiger charge is -2.19. The number of imide groups is 1. The summed E-state index contributed by atoms with van der Waals surface area (Å²) in [6.45, 7) is 5.29. The topological polar surface area (TPSA) is 79.6 Å². The zero-order valence-corrected chi connectivity index (χ0v) is 18.8. The minimum atomic E-state index is -0.363. The normalized spacial score (nSPS) is 13.8. The van der Waals surface area contributed by atoms with E-state index in [1.807, 2.05) is 32.0 Å². The summed E-state index contributed by atoms with van der Waals surface area (Å²) in [6.07, 6.45) is 1.58. The summed E-state index contributed by atoms with van der Waals surface area (Å²) >= 11 is 1.28. The fourth-order valence-corrected chi connectivity index (χ4v) is 4.57. The van der Waals surface area contributed by atoms with Gasteiger partial charge in [-0.2, -0.15) is 0 Å². The first-order chi connectivity index (χ1) is 15.4. The van der Waals surface area contributed by atoms with Crippen LogP contribution in [-0.4, -0.2) is 17.7 Å².